The molecule has 2 unspecified atom stereocenters. The summed E-state index contributed by atoms with van der Waals surface area (Å²) in [5.74, 6) is 2.41. The molecule has 1 heterocycles. The van der Waals surface area contributed by atoms with Gasteiger partial charge in [0.05, 0.1) is 5.54 Å². The normalized spacial score (nSPS) is 40.9. The second-order valence-corrected chi connectivity index (χ2v) is 14.4. The predicted molar refractivity (Wildman–Crippen MR) is 150 cm³/mol. The summed E-state index contributed by atoms with van der Waals surface area (Å²) in [5.41, 5.74) is 4.36. The molecule has 7 atom stereocenters. The van der Waals surface area contributed by atoms with E-state index in [9.17, 15) is 9.59 Å². The van der Waals surface area contributed by atoms with Crippen LogP contribution in [0.2, 0.25) is 0 Å². The first-order chi connectivity index (χ1) is 18.3. The van der Waals surface area contributed by atoms with Crippen LogP contribution in [0, 0.1) is 34.5 Å². The number of aryl methyl sites for hydroxylation is 2. The summed E-state index contributed by atoms with van der Waals surface area (Å²) >= 11 is 0. The molecule has 4 heteroatoms. The lowest BCUT2D eigenvalue weighted by Gasteiger charge is -2.58. The Hall–Kier alpha value is -2.10. The molecule has 6 aliphatic rings. The molecule has 4 nitrogen and oxygen atoms in total. The minimum Gasteiger partial charge on any atom is -0.349 e. The molecular weight excluding hydrogens is 468 g/mol. The number of rotatable bonds is 3. The summed E-state index contributed by atoms with van der Waals surface area (Å²) < 4.78 is 0. The third kappa shape index (κ3) is 3.68. The molecule has 5 aliphatic carbocycles. The van der Waals surface area contributed by atoms with E-state index in [0.29, 0.717) is 23.7 Å². The average Bonchev–Trinajstić information content (AvgIpc) is 3.53. The lowest BCUT2D eigenvalue weighted by molar-refractivity contribution is -0.136. The molecule has 0 radical (unpaired) electrons. The van der Waals surface area contributed by atoms with Gasteiger partial charge in [-0.05, 0) is 117 Å². The van der Waals surface area contributed by atoms with E-state index < -0.39 is 0 Å². The number of benzene rings is 1. The molecular formula is C34H46N2O2. The summed E-state index contributed by atoms with van der Waals surface area (Å²) in [5, 5.41) is 7.05. The van der Waals surface area contributed by atoms with Crippen molar-refractivity contribution < 1.29 is 9.59 Å². The predicted octanol–water partition coefficient (Wildman–Crippen LogP) is 6.36. The summed E-state index contributed by atoms with van der Waals surface area (Å²) in [6.07, 6.45) is 20.3. The molecule has 1 aliphatic heterocycles. The van der Waals surface area contributed by atoms with Gasteiger partial charge in [-0.2, -0.15) is 0 Å². The van der Waals surface area contributed by atoms with Gasteiger partial charge in [0.2, 0.25) is 11.8 Å². The van der Waals surface area contributed by atoms with Crippen LogP contribution in [0.25, 0.3) is 0 Å². The van der Waals surface area contributed by atoms with Crippen molar-refractivity contribution in [1.82, 2.24) is 10.6 Å². The number of carbonyl (C=O) groups is 2. The van der Waals surface area contributed by atoms with Gasteiger partial charge in [-0.25, -0.2) is 0 Å². The fraction of sp³-hybridized carbons (Fsp3) is 0.706. The lowest BCUT2D eigenvalue weighted by atomic mass is 9.48. The zero-order valence-corrected chi connectivity index (χ0v) is 23.5. The molecule has 204 valence electrons. The maximum absolute atomic E-state index is 14.3. The van der Waals surface area contributed by atoms with Gasteiger partial charge >= 0.3 is 0 Å². The third-order valence-electron chi connectivity index (χ3n) is 12.7. The SMILES string of the molecule is C[C@]12C=CC(=O)NC1CC[C@@H]1[C@H]2CC[C@]2(C)C(C(=O)NC3(c4ccc5c(c4)CCC5)CCCCC3)CC[C@@H]12. The lowest BCUT2D eigenvalue weighted by Crippen LogP contribution is -2.60. The van der Waals surface area contributed by atoms with Crippen LogP contribution in [0.1, 0.15) is 108 Å². The van der Waals surface area contributed by atoms with Crippen molar-refractivity contribution in [1.29, 1.82) is 0 Å². The van der Waals surface area contributed by atoms with E-state index >= 15 is 0 Å². The summed E-state index contributed by atoms with van der Waals surface area (Å²) in [7, 11) is 0. The molecule has 1 aromatic carbocycles. The summed E-state index contributed by atoms with van der Waals surface area (Å²) in [6, 6.07) is 7.42. The highest BCUT2D eigenvalue weighted by Crippen LogP contribution is 2.65. The molecule has 0 bridgehead atoms. The van der Waals surface area contributed by atoms with E-state index in [0.717, 1.165) is 32.1 Å². The Morgan fingerprint density at radius 1 is 0.895 bits per heavy atom. The Morgan fingerprint density at radius 2 is 1.71 bits per heavy atom. The van der Waals surface area contributed by atoms with Crippen molar-refractivity contribution in [2.24, 2.45) is 34.5 Å². The second kappa shape index (κ2) is 8.96. The molecule has 4 saturated carbocycles. The van der Waals surface area contributed by atoms with Gasteiger partial charge in [-0.15, -0.1) is 0 Å². The van der Waals surface area contributed by atoms with Crippen LogP contribution in [0.15, 0.2) is 30.4 Å². The smallest absolute Gasteiger partial charge is 0.243 e. The minimum absolute atomic E-state index is 0.0538. The Bertz CT molecular complexity index is 1170. The molecule has 38 heavy (non-hydrogen) atoms. The summed E-state index contributed by atoms with van der Waals surface area (Å²) in [6.45, 7) is 4.84. The first kappa shape index (κ1) is 24.9. The quantitative estimate of drug-likeness (QED) is 0.493. The highest BCUT2D eigenvalue weighted by molar-refractivity contribution is 5.89. The minimum atomic E-state index is -0.185. The van der Waals surface area contributed by atoms with Crippen molar-refractivity contribution in [3.63, 3.8) is 0 Å². The molecule has 2 N–H and O–H groups in total. The van der Waals surface area contributed by atoms with Crippen molar-refractivity contribution in [3.8, 4) is 0 Å². The Balaban J connectivity index is 1.14. The second-order valence-electron chi connectivity index (χ2n) is 14.4. The van der Waals surface area contributed by atoms with Gasteiger partial charge in [0, 0.05) is 17.4 Å². The van der Waals surface area contributed by atoms with E-state index in [4.69, 9.17) is 0 Å². The van der Waals surface area contributed by atoms with Crippen LogP contribution in [-0.4, -0.2) is 17.9 Å². The van der Waals surface area contributed by atoms with Crippen LogP contribution in [0.5, 0.6) is 0 Å². The Kier molecular flexibility index (Phi) is 5.87. The van der Waals surface area contributed by atoms with Gasteiger partial charge in [-0.3, -0.25) is 9.59 Å². The van der Waals surface area contributed by atoms with E-state index in [1.165, 1.54) is 74.5 Å². The fourth-order valence-electron chi connectivity index (χ4n) is 10.6. The van der Waals surface area contributed by atoms with E-state index in [-0.39, 0.29) is 34.2 Å². The van der Waals surface area contributed by atoms with Gasteiger partial charge in [0.1, 0.15) is 0 Å². The van der Waals surface area contributed by atoms with Crippen LogP contribution in [0.3, 0.4) is 0 Å². The first-order valence-electron chi connectivity index (χ1n) is 15.8. The standard InChI is InChI=1S/C34H46N2O2/c1-32-19-15-27-25(11-14-29-33(27,2)20-16-30(37)35-29)26(32)12-13-28(32)31(38)36-34(17-4-3-5-18-34)24-10-9-22-7-6-8-23(22)21-24/h9-10,16,20-21,25-29H,3-8,11-15,17-19H2,1-2H3,(H,35,37)(H,36,38)/t25-,26-,27+,28?,29?,32-,33+/m0/s1. The van der Waals surface area contributed by atoms with Gasteiger partial charge in [0.15, 0.2) is 0 Å². The maximum Gasteiger partial charge on any atom is 0.243 e. The van der Waals surface area contributed by atoms with Gasteiger partial charge < -0.3 is 10.6 Å². The largest absolute Gasteiger partial charge is 0.349 e. The van der Waals surface area contributed by atoms with E-state index in [2.05, 4.69) is 48.8 Å². The maximum atomic E-state index is 14.3. The summed E-state index contributed by atoms with van der Waals surface area (Å²) in [4.78, 5) is 26.4. The number of amides is 2. The van der Waals surface area contributed by atoms with Crippen LogP contribution >= 0.6 is 0 Å². The number of hydrogen-bond acceptors (Lipinski definition) is 2. The molecule has 0 aromatic heterocycles. The molecule has 0 spiro atoms. The molecule has 4 fully saturated rings. The van der Waals surface area contributed by atoms with E-state index in [1.54, 1.807) is 6.08 Å². The van der Waals surface area contributed by atoms with Gasteiger partial charge in [-0.1, -0.05) is 57.4 Å². The number of hydrogen-bond donors (Lipinski definition) is 2. The third-order valence-corrected chi connectivity index (χ3v) is 12.7. The van der Waals surface area contributed by atoms with Crippen molar-refractivity contribution in [2.75, 3.05) is 0 Å². The van der Waals surface area contributed by atoms with Crippen LogP contribution in [-0.2, 0) is 28.0 Å². The van der Waals surface area contributed by atoms with Crippen LogP contribution < -0.4 is 10.6 Å². The molecule has 1 aromatic rings. The average molecular weight is 515 g/mol. The topological polar surface area (TPSA) is 58.2 Å². The first-order valence-corrected chi connectivity index (χ1v) is 15.8. The number of fused-ring (bicyclic) bond motifs is 6. The molecule has 0 saturated heterocycles. The Labute approximate surface area is 228 Å². The zero-order chi connectivity index (χ0) is 26.1. The monoisotopic (exact) mass is 514 g/mol. The van der Waals surface area contributed by atoms with Crippen molar-refractivity contribution in [3.05, 3.63) is 47.0 Å². The number of carbonyl (C=O) groups excluding carboxylic acids is 2. The van der Waals surface area contributed by atoms with Crippen LogP contribution in [0.4, 0.5) is 0 Å². The Morgan fingerprint density at radius 3 is 2.55 bits per heavy atom. The van der Waals surface area contributed by atoms with E-state index in [1.807, 2.05) is 0 Å². The fourth-order valence-corrected chi connectivity index (χ4v) is 10.6. The number of nitrogens with one attached hydrogen (secondary N) is 2. The van der Waals surface area contributed by atoms with Crippen molar-refractivity contribution in [2.45, 2.75) is 115 Å². The highest BCUT2D eigenvalue weighted by Gasteiger charge is 2.61. The highest BCUT2D eigenvalue weighted by atomic mass is 16.2. The molecule has 2 amide bonds. The molecule has 7 rings (SSSR count). The zero-order valence-electron chi connectivity index (χ0n) is 23.5. The van der Waals surface area contributed by atoms with Gasteiger partial charge in [0.25, 0.3) is 0 Å². The van der Waals surface area contributed by atoms with Crippen molar-refractivity contribution >= 4 is 11.8 Å².